The Bertz CT molecular complexity index is 286. The molecular weight excluding hydrogens is 232 g/mol. The van der Waals surface area contributed by atoms with Gasteiger partial charge < -0.3 is 14.3 Å². The number of rotatable bonds is 7. The van der Waals surface area contributed by atoms with Crippen LogP contribution in [0.25, 0.3) is 0 Å². The Morgan fingerprint density at radius 1 is 1.44 bits per heavy atom. The molecule has 18 heavy (non-hydrogen) atoms. The fraction of sp³-hybridized carbons (Fsp3) is 0.714. The topological polar surface area (TPSA) is 52.6 Å². The molecule has 102 valence electrons. The first-order chi connectivity index (χ1) is 8.77. The molecule has 4 nitrogen and oxygen atoms in total. The van der Waals surface area contributed by atoms with Gasteiger partial charge in [-0.05, 0) is 31.6 Å². The summed E-state index contributed by atoms with van der Waals surface area (Å²) < 4.78 is 9.95. The molecule has 0 aromatic heterocycles. The van der Waals surface area contributed by atoms with Gasteiger partial charge in [0.2, 0.25) is 0 Å². The monoisotopic (exact) mass is 254 g/mol. The molecule has 0 radical (unpaired) electrons. The fourth-order valence-electron chi connectivity index (χ4n) is 2.09. The Hall–Kier alpha value is -1.16. The molecule has 0 spiro atoms. The number of allylic oxidation sites excluding steroid dienone is 2. The van der Waals surface area contributed by atoms with E-state index in [2.05, 4.69) is 16.9 Å². The third-order valence-electron chi connectivity index (χ3n) is 3.29. The molecule has 0 bridgehead atoms. The zero-order valence-corrected chi connectivity index (χ0v) is 11.0. The molecule has 1 heterocycles. The highest BCUT2D eigenvalue weighted by atomic mass is 16.5. The van der Waals surface area contributed by atoms with E-state index in [1.807, 2.05) is 0 Å². The van der Waals surface area contributed by atoms with Gasteiger partial charge >= 0.3 is 5.97 Å². The lowest BCUT2D eigenvalue weighted by Crippen LogP contribution is -2.28. The maximum atomic E-state index is 10.9. The summed E-state index contributed by atoms with van der Waals surface area (Å²) in [6.07, 6.45) is 9.07. The van der Waals surface area contributed by atoms with Crippen molar-refractivity contribution in [2.24, 2.45) is 11.8 Å². The summed E-state index contributed by atoms with van der Waals surface area (Å²) in [7, 11) is 1.40. The van der Waals surface area contributed by atoms with E-state index in [4.69, 9.17) is 4.74 Å². The van der Waals surface area contributed by atoms with Gasteiger partial charge in [-0.2, -0.15) is 0 Å². The van der Waals surface area contributed by atoms with E-state index in [-0.39, 0.29) is 11.9 Å². The highest BCUT2D eigenvalue weighted by Gasteiger charge is 2.23. The standard InChI is InChI=1S/C14H22O4/c1-17-14(16)7-5-3-2-4-6-13-11-18-9-8-12(13)10-15/h2,4,10,12-13H,3,5-9,11H2,1H3. The molecule has 4 heteroatoms. The van der Waals surface area contributed by atoms with E-state index in [9.17, 15) is 9.59 Å². The molecular formula is C14H22O4. The predicted molar refractivity (Wildman–Crippen MR) is 68.1 cm³/mol. The smallest absolute Gasteiger partial charge is 0.305 e. The molecule has 1 rings (SSSR count). The number of esters is 1. The van der Waals surface area contributed by atoms with Crippen molar-refractivity contribution in [1.29, 1.82) is 0 Å². The van der Waals surface area contributed by atoms with E-state index in [0.717, 1.165) is 32.0 Å². The molecule has 0 N–H and O–H groups in total. The minimum atomic E-state index is -0.162. The first-order valence-electron chi connectivity index (χ1n) is 6.52. The average molecular weight is 254 g/mol. The van der Waals surface area contributed by atoms with Crippen LogP contribution in [0.1, 0.15) is 32.1 Å². The zero-order valence-electron chi connectivity index (χ0n) is 11.0. The summed E-state index contributed by atoms with van der Waals surface area (Å²) in [6.45, 7) is 1.37. The highest BCUT2D eigenvalue weighted by Crippen LogP contribution is 2.23. The normalized spacial score (nSPS) is 24.1. The van der Waals surface area contributed by atoms with Crippen LogP contribution >= 0.6 is 0 Å². The lowest BCUT2D eigenvalue weighted by molar-refractivity contribution is -0.140. The summed E-state index contributed by atoms with van der Waals surface area (Å²) in [6, 6.07) is 0. The number of carbonyl (C=O) groups is 2. The third kappa shape index (κ3) is 5.45. The van der Waals surface area contributed by atoms with Gasteiger partial charge in [-0.3, -0.25) is 4.79 Å². The SMILES string of the molecule is COC(=O)CCCC=CCC1COCCC1C=O. The number of ether oxygens (including phenoxy) is 2. The fourth-order valence-corrected chi connectivity index (χ4v) is 2.09. The van der Waals surface area contributed by atoms with Crippen LogP contribution in [0.3, 0.4) is 0 Å². The number of methoxy groups -OCH3 is 1. The van der Waals surface area contributed by atoms with Crippen LogP contribution in [0.4, 0.5) is 0 Å². The van der Waals surface area contributed by atoms with Crippen molar-refractivity contribution in [3.05, 3.63) is 12.2 Å². The van der Waals surface area contributed by atoms with Crippen LogP contribution in [0.15, 0.2) is 12.2 Å². The molecule has 0 aromatic carbocycles. The van der Waals surface area contributed by atoms with Crippen molar-refractivity contribution in [3.8, 4) is 0 Å². The minimum Gasteiger partial charge on any atom is -0.469 e. The Morgan fingerprint density at radius 2 is 2.28 bits per heavy atom. The first kappa shape index (κ1) is 14.9. The van der Waals surface area contributed by atoms with Crippen LogP contribution < -0.4 is 0 Å². The largest absolute Gasteiger partial charge is 0.469 e. The second kappa shape index (κ2) is 8.86. The Kier molecular flexibility index (Phi) is 7.34. The molecule has 0 aromatic rings. The van der Waals surface area contributed by atoms with Crippen LogP contribution in [0, 0.1) is 11.8 Å². The van der Waals surface area contributed by atoms with E-state index in [1.165, 1.54) is 7.11 Å². The summed E-state index contributed by atoms with van der Waals surface area (Å²) in [5.41, 5.74) is 0. The van der Waals surface area contributed by atoms with Gasteiger partial charge in [0, 0.05) is 18.9 Å². The van der Waals surface area contributed by atoms with E-state index in [1.54, 1.807) is 0 Å². The molecule has 0 aliphatic carbocycles. The summed E-state index contributed by atoms with van der Waals surface area (Å²) in [4.78, 5) is 21.8. The van der Waals surface area contributed by atoms with Crippen LogP contribution in [0.5, 0.6) is 0 Å². The van der Waals surface area contributed by atoms with Crippen molar-refractivity contribution in [1.82, 2.24) is 0 Å². The lowest BCUT2D eigenvalue weighted by Gasteiger charge is -2.26. The maximum Gasteiger partial charge on any atom is 0.305 e. The second-order valence-electron chi connectivity index (χ2n) is 4.60. The molecule has 1 fully saturated rings. The third-order valence-corrected chi connectivity index (χ3v) is 3.29. The van der Waals surface area contributed by atoms with Gasteiger partial charge in [-0.1, -0.05) is 12.2 Å². The molecule has 1 aliphatic heterocycles. The molecule has 2 unspecified atom stereocenters. The number of carbonyl (C=O) groups excluding carboxylic acids is 2. The van der Waals surface area contributed by atoms with Crippen molar-refractivity contribution in [3.63, 3.8) is 0 Å². The number of aldehydes is 1. The van der Waals surface area contributed by atoms with Gasteiger partial charge in [0.25, 0.3) is 0 Å². The van der Waals surface area contributed by atoms with Gasteiger partial charge in [0.05, 0.1) is 13.7 Å². The lowest BCUT2D eigenvalue weighted by atomic mass is 9.87. The second-order valence-corrected chi connectivity index (χ2v) is 4.60. The Balaban J connectivity index is 2.14. The first-order valence-corrected chi connectivity index (χ1v) is 6.52. The number of unbranched alkanes of at least 4 members (excludes halogenated alkanes) is 1. The molecule has 1 saturated heterocycles. The number of hydrogen-bond acceptors (Lipinski definition) is 4. The molecule has 2 atom stereocenters. The van der Waals surface area contributed by atoms with E-state index in [0.29, 0.717) is 25.6 Å². The minimum absolute atomic E-state index is 0.137. The van der Waals surface area contributed by atoms with Crippen molar-refractivity contribution in [2.75, 3.05) is 20.3 Å². The predicted octanol–water partition coefficient (Wildman–Crippen LogP) is 2.13. The van der Waals surface area contributed by atoms with Gasteiger partial charge in [0.1, 0.15) is 6.29 Å². The van der Waals surface area contributed by atoms with E-state index < -0.39 is 0 Å². The van der Waals surface area contributed by atoms with Gasteiger partial charge in [-0.25, -0.2) is 0 Å². The van der Waals surface area contributed by atoms with Crippen molar-refractivity contribution < 1.29 is 19.1 Å². The Morgan fingerprint density at radius 3 is 3.00 bits per heavy atom. The highest BCUT2D eigenvalue weighted by molar-refractivity contribution is 5.69. The quantitative estimate of drug-likeness (QED) is 0.302. The zero-order chi connectivity index (χ0) is 13.2. The molecule has 1 aliphatic rings. The van der Waals surface area contributed by atoms with Crippen LogP contribution in [0.2, 0.25) is 0 Å². The number of hydrogen-bond donors (Lipinski definition) is 0. The van der Waals surface area contributed by atoms with Crippen molar-refractivity contribution in [2.45, 2.75) is 32.1 Å². The summed E-state index contributed by atoms with van der Waals surface area (Å²) in [5.74, 6) is 0.289. The summed E-state index contributed by atoms with van der Waals surface area (Å²) >= 11 is 0. The van der Waals surface area contributed by atoms with Crippen LogP contribution in [-0.4, -0.2) is 32.6 Å². The molecule has 0 saturated carbocycles. The van der Waals surface area contributed by atoms with Crippen molar-refractivity contribution >= 4 is 12.3 Å². The maximum absolute atomic E-state index is 10.9. The summed E-state index contributed by atoms with van der Waals surface area (Å²) in [5, 5.41) is 0. The Labute approximate surface area is 108 Å². The molecule has 0 amide bonds. The average Bonchev–Trinajstić information content (AvgIpc) is 2.42. The van der Waals surface area contributed by atoms with Crippen LogP contribution in [-0.2, 0) is 19.1 Å². The van der Waals surface area contributed by atoms with E-state index >= 15 is 0 Å². The van der Waals surface area contributed by atoms with Gasteiger partial charge in [0.15, 0.2) is 0 Å². The van der Waals surface area contributed by atoms with Gasteiger partial charge in [-0.15, -0.1) is 0 Å².